The molecule has 5 nitrogen and oxygen atoms in total. The van der Waals surface area contributed by atoms with Crippen LogP contribution in [0.2, 0.25) is 0 Å². The third-order valence-electron chi connectivity index (χ3n) is 3.71. The number of carbonyl (C=O) groups is 1. The molecule has 1 aromatic rings. The van der Waals surface area contributed by atoms with Gasteiger partial charge >= 0.3 is 13.6 Å². The second-order valence-electron chi connectivity index (χ2n) is 5.41. The van der Waals surface area contributed by atoms with E-state index in [1.54, 1.807) is 19.9 Å². The van der Waals surface area contributed by atoms with E-state index in [0.717, 1.165) is 5.56 Å². The second-order valence-corrected chi connectivity index (χ2v) is 7.37. The van der Waals surface area contributed by atoms with Crippen LogP contribution in [-0.4, -0.2) is 19.2 Å². The zero-order valence-corrected chi connectivity index (χ0v) is 14.6. The summed E-state index contributed by atoms with van der Waals surface area (Å²) in [5.41, 5.74) is 1.08. The molecule has 0 saturated heterocycles. The Kier molecular flexibility index (Phi) is 6.17. The minimum Gasteiger partial charge on any atom is -0.418 e. The molecule has 2 rings (SSSR count). The molecule has 1 aliphatic rings. The molecular formula is C17H23O5P. The number of allylic oxidation sites excluding steroid dienone is 1. The number of benzene rings is 1. The maximum absolute atomic E-state index is 12.7. The van der Waals surface area contributed by atoms with Crippen molar-refractivity contribution in [2.45, 2.75) is 27.2 Å². The van der Waals surface area contributed by atoms with E-state index in [2.05, 4.69) is 0 Å². The summed E-state index contributed by atoms with van der Waals surface area (Å²) in [5, 5.41) is 0. The smallest absolute Gasteiger partial charge is 0.396 e. The predicted molar refractivity (Wildman–Crippen MR) is 87.8 cm³/mol. The third kappa shape index (κ3) is 4.31. The first-order chi connectivity index (χ1) is 11.0. The van der Waals surface area contributed by atoms with Crippen LogP contribution in [0.3, 0.4) is 0 Å². The molecule has 0 bridgehead atoms. The van der Waals surface area contributed by atoms with E-state index in [4.69, 9.17) is 13.8 Å². The minimum atomic E-state index is -3.56. The molecular weight excluding hydrogens is 315 g/mol. The minimum absolute atomic E-state index is 0.0167. The quantitative estimate of drug-likeness (QED) is 0.552. The Bertz CT molecular complexity index is 601. The maximum atomic E-state index is 12.7. The molecule has 23 heavy (non-hydrogen) atoms. The van der Waals surface area contributed by atoms with Crippen molar-refractivity contribution in [3.05, 3.63) is 47.5 Å². The fourth-order valence-electron chi connectivity index (χ4n) is 2.56. The lowest BCUT2D eigenvalue weighted by Gasteiger charge is -2.29. The summed E-state index contributed by atoms with van der Waals surface area (Å²) in [5.74, 6) is -0.808. The molecule has 1 heterocycles. The Hall–Kier alpha value is -1.42. The lowest BCUT2D eigenvalue weighted by atomic mass is 9.87. The number of hydrogen-bond acceptors (Lipinski definition) is 5. The zero-order valence-electron chi connectivity index (χ0n) is 13.7. The first-order valence-corrected chi connectivity index (χ1v) is 9.41. The fourth-order valence-corrected chi connectivity index (χ4v) is 4.19. The molecule has 0 fully saturated rings. The molecule has 0 amide bonds. The Morgan fingerprint density at radius 3 is 2.26 bits per heavy atom. The van der Waals surface area contributed by atoms with Gasteiger partial charge in [-0.25, -0.2) is 0 Å². The molecule has 0 N–H and O–H groups in total. The summed E-state index contributed by atoms with van der Waals surface area (Å²) in [7, 11) is -3.56. The molecule has 126 valence electrons. The van der Waals surface area contributed by atoms with Gasteiger partial charge in [0.15, 0.2) is 0 Å². The van der Waals surface area contributed by atoms with E-state index in [9.17, 15) is 9.36 Å². The van der Waals surface area contributed by atoms with Crippen LogP contribution in [0.25, 0.3) is 0 Å². The van der Waals surface area contributed by atoms with Crippen molar-refractivity contribution in [1.82, 2.24) is 0 Å². The third-order valence-corrected chi connectivity index (χ3v) is 5.69. The molecule has 0 radical (unpaired) electrons. The van der Waals surface area contributed by atoms with Crippen molar-refractivity contribution in [1.29, 1.82) is 0 Å². The number of cyclic esters (lactones) is 1. The van der Waals surface area contributed by atoms with E-state index in [1.807, 2.05) is 37.3 Å². The van der Waals surface area contributed by atoms with Gasteiger partial charge in [0.2, 0.25) is 5.50 Å². The zero-order chi connectivity index (χ0) is 16.9. The first-order valence-electron chi connectivity index (χ1n) is 7.87. The molecule has 6 heteroatoms. The Labute approximate surface area is 137 Å². The summed E-state index contributed by atoms with van der Waals surface area (Å²) in [6.07, 6.45) is 2.28. The van der Waals surface area contributed by atoms with E-state index in [1.165, 1.54) is 0 Å². The van der Waals surface area contributed by atoms with Crippen molar-refractivity contribution in [2.24, 2.45) is 11.8 Å². The maximum Gasteiger partial charge on any atom is 0.396 e. The van der Waals surface area contributed by atoms with Crippen molar-refractivity contribution >= 4 is 13.6 Å². The summed E-state index contributed by atoms with van der Waals surface area (Å²) < 4.78 is 28.6. The van der Waals surface area contributed by atoms with Crippen molar-refractivity contribution in [3.8, 4) is 0 Å². The number of ether oxygens (including phenoxy) is 1. The lowest BCUT2D eigenvalue weighted by Crippen LogP contribution is -2.30. The van der Waals surface area contributed by atoms with Crippen LogP contribution < -0.4 is 0 Å². The molecule has 0 aliphatic carbocycles. The molecule has 0 aromatic heterocycles. The first kappa shape index (κ1) is 17.9. The number of rotatable bonds is 7. The van der Waals surface area contributed by atoms with E-state index in [-0.39, 0.29) is 30.5 Å². The van der Waals surface area contributed by atoms with Crippen LogP contribution in [0.1, 0.15) is 26.3 Å². The van der Waals surface area contributed by atoms with Gasteiger partial charge in [-0.2, -0.15) is 0 Å². The van der Waals surface area contributed by atoms with Gasteiger partial charge in [0.1, 0.15) is 0 Å². The van der Waals surface area contributed by atoms with Gasteiger partial charge < -0.3 is 13.8 Å². The molecule has 1 aliphatic heterocycles. The Morgan fingerprint density at radius 2 is 1.74 bits per heavy atom. The highest BCUT2D eigenvalue weighted by atomic mass is 31.2. The van der Waals surface area contributed by atoms with Gasteiger partial charge in [-0.15, -0.1) is 0 Å². The molecule has 0 unspecified atom stereocenters. The second kappa shape index (κ2) is 7.91. The van der Waals surface area contributed by atoms with Crippen molar-refractivity contribution in [2.75, 3.05) is 13.2 Å². The van der Waals surface area contributed by atoms with Gasteiger partial charge in [0.25, 0.3) is 0 Å². The van der Waals surface area contributed by atoms with Gasteiger partial charge in [-0.1, -0.05) is 37.3 Å². The van der Waals surface area contributed by atoms with Crippen LogP contribution in [0.4, 0.5) is 0 Å². The number of carbonyl (C=O) groups excluding carboxylic acids is 1. The summed E-state index contributed by atoms with van der Waals surface area (Å²) in [4.78, 5) is 12.4. The van der Waals surface area contributed by atoms with Crippen LogP contribution >= 0.6 is 7.60 Å². The van der Waals surface area contributed by atoms with Crippen LogP contribution in [0.15, 0.2) is 41.9 Å². The molecule has 2 atom stereocenters. The topological polar surface area (TPSA) is 61.8 Å². The Morgan fingerprint density at radius 1 is 1.13 bits per heavy atom. The van der Waals surface area contributed by atoms with Crippen LogP contribution in [0, 0.1) is 11.8 Å². The highest BCUT2D eigenvalue weighted by Crippen LogP contribution is 2.58. The average molecular weight is 338 g/mol. The van der Waals surface area contributed by atoms with Gasteiger partial charge in [-0.3, -0.25) is 9.36 Å². The van der Waals surface area contributed by atoms with Gasteiger partial charge in [0, 0.05) is 0 Å². The van der Waals surface area contributed by atoms with E-state index < -0.39 is 13.6 Å². The number of esters is 1. The largest absolute Gasteiger partial charge is 0.418 e. The van der Waals surface area contributed by atoms with E-state index >= 15 is 0 Å². The van der Waals surface area contributed by atoms with Crippen LogP contribution in [0.5, 0.6) is 0 Å². The van der Waals surface area contributed by atoms with Crippen molar-refractivity contribution in [3.63, 3.8) is 0 Å². The Balaban J connectivity index is 2.20. The normalized spacial score (nSPS) is 21.7. The van der Waals surface area contributed by atoms with Gasteiger partial charge in [0.05, 0.1) is 19.1 Å². The predicted octanol–water partition coefficient (Wildman–Crippen LogP) is 4.15. The molecule has 1 aromatic carbocycles. The number of hydrogen-bond donors (Lipinski definition) is 0. The summed E-state index contributed by atoms with van der Waals surface area (Å²) in [6, 6.07) is 9.77. The van der Waals surface area contributed by atoms with Crippen molar-refractivity contribution < 1.29 is 23.1 Å². The summed E-state index contributed by atoms with van der Waals surface area (Å²) in [6.45, 7) is 5.79. The summed E-state index contributed by atoms with van der Waals surface area (Å²) >= 11 is 0. The monoisotopic (exact) mass is 338 g/mol. The highest BCUT2D eigenvalue weighted by molar-refractivity contribution is 7.58. The lowest BCUT2D eigenvalue weighted by molar-refractivity contribution is -0.146. The van der Waals surface area contributed by atoms with E-state index in [0.29, 0.717) is 6.42 Å². The fraction of sp³-hybridized carbons (Fsp3) is 0.471. The standard InChI is InChI=1S/C17H23O5P/c1-4-20-23(19,21-5-2)16-11-13(3)15(17(18)22-16)12-14-9-7-6-8-10-14/h6-11,13,15H,4-5,12H2,1-3H3/t13-,15+/m0/s1. The molecule has 0 spiro atoms. The SMILES string of the molecule is CCOP(=O)(OCC)C1=C[C@H](C)[C@@H](Cc2ccccc2)C(=O)O1. The highest BCUT2D eigenvalue weighted by Gasteiger charge is 2.40. The average Bonchev–Trinajstić information content (AvgIpc) is 2.52. The van der Waals surface area contributed by atoms with Crippen LogP contribution in [-0.2, 0) is 29.6 Å². The van der Waals surface area contributed by atoms with Gasteiger partial charge in [-0.05, 0) is 37.8 Å². The molecule has 0 saturated carbocycles.